The average molecular weight is 253 g/mol. The molecule has 0 aliphatic heterocycles. The lowest BCUT2D eigenvalue weighted by Gasteiger charge is -2.22. The van der Waals surface area contributed by atoms with Crippen LogP contribution in [0, 0.1) is 13.8 Å². The second-order valence-corrected chi connectivity index (χ2v) is 5.89. The Labute approximate surface area is 94.8 Å². The maximum atomic E-state index is 3.64. The third-order valence-corrected chi connectivity index (χ3v) is 4.35. The molecule has 0 radical (unpaired) electrons. The minimum Gasteiger partial charge on any atom is -0.0558 e. The maximum Gasteiger partial charge on any atom is 0.0210 e. The number of hydrogen-bond donors (Lipinski definition) is 0. The summed E-state index contributed by atoms with van der Waals surface area (Å²) in [4.78, 5) is 0. The summed E-state index contributed by atoms with van der Waals surface area (Å²) < 4.78 is 1.27. The Balaban J connectivity index is 2.74. The van der Waals surface area contributed by atoms with Crippen molar-refractivity contribution in [3.63, 3.8) is 0 Å². The zero-order chi connectivity index (χ0) is 10.5. The van der Waals surface area contributed by atoms with E-state index in [1.54, 1.807) is 11.1 Å². The van der Waals surface area contributed by atoms with Gasteiger partial charge in [-0.1, -0.05) is 29.8 Å². The van der Waals surface area contributed by atoms with Crippen LogP contribution in [0.1, 0.15) is 42.5 Å². The standard InChI is InChI=1S/C13H17Br/c1-8-7-11(14)9(2)10-5-6-13(3,4)12(8)10/h7H,5-6H2,1-4H3. The highest BCUT2D eigenvalue weighted by Crippen LogP contribution is 2.43. The largest absolute Gasteiger partial charge is 0.0558 e. The van der Waals surface area contributed by atoms with Crippen molar-refractivity contribution in [1.82, 2.24) is 0 Å². The molecule has 0 aromatic heterocycles. The predicted octanol–water partition coefficient (Wildman–Crippen LogP) is 4.29. The van der Waals surface area contributed by atoms with Crippen molar-refractivity contribution in [2.24, 2.45) is 0 Å². The van der Waals surface area contributed by atoms with Gasteiger partial charge in [0.25, 0.3) is 0 Å². The van der Waals surface area contributed by atoms with Crippen LogP contribution in [0.25, 0.3) is 0 Å². The van der Waals surface area contributed by atoms with Gasteiger partial charge in [-0.25, -0.2) is 0 Å². The molecule has 1 aliphatic rings. The third-order valence-electron chi connectivity index (χ3n) is 3.53. The molecule has 1 heteroatoms. The van der Waals surface area contributed by atoms with Gasteiger partial charge in [-0.3, -0.25) is 0 Å². The first-order chi connectivity index (χ1) is 6.43. The quantitative estimate of drug-likeness (QED) is 0.647. The van der Waals surface area contributed by atoms with Crippen LogP contribution in [0.5, 0.6) is 0 Å². The van der Waals surface area contributed by atoms with E-state index in [9.17, 15) is 0 Å². The van der Waals surface area contributed by atoms with Crippen LogP contribution in [0.15, 0.2) is 10.5 Å². The Hall–Kier alpha value is -0.300. The van der Waals surface area contributed by atoms with Crippen LogP contribution in [0.2, 0.25) is 0 Å². The maximum absolute atomic E-state index is 3.64. The third kappa shape index (κ3) is 1.33. The van der Waals surface area contributed by atoms with Crippen molar-refractivity contribution < 1.29 is 0 Å². The second-order valence-electron chi connectivity index (χ2n) is 5.04. The highest BCUT2D eigenvalue weighted by atomic mass is 79.9. The Morgan fingerprint density at radius 1 is 1.29 bits per heavy atom. The first kappa shape index (κ1) is 10.2. The summed E-state index contributed by atoms with van der Waals surface area (Å²) in [6, 6.07) is 2.27. The molecule has 0 fully saturated rings. The number of halogens is 1. The molecule has 0 amide bonds. The molecule has 0 bridgehead atoms. The molecule has 0 saturated carbocycles. The summed E-state index contributed by atoms with van der Waals surface area (Å²) in [5.41, 5.74) is 6.45. The van der Waals surface area contributed by atoms with Crippen molar-refractivity contribution in [3.05, 3.63) is 32.8 Å². The van der Waals surface area contributed by atoms with Crippen molar-refractivity contribution in [2.75, 3.05) is 0 Å². The molecule has 0 nitrogen and oxygen atoms in total. The topological polar surface area (TPSA) is 0 Å². The molecule has 0 saturated heterocycles. The van der Waals surface area contributed by atoms with Crippen LogP contribution in [-0.2, 0) is 11.8 Å². The molecule has 76 valence electrons. The molecular weight excluding hydrogens is 236 g/mol. The minimum absolute atomic E-state index is 0.380. The summed E-state index contributed by atoms with van der Waals surface area (Å²) in [5.74, 6) is 0. The van der Waals surface area contributed by atoms with E-state index in [0.717, 1.165) is 0 Å². The minimum atomic E-state index is 0.380. The van der Waals surface area contributed by atoms with Gasteiger partial charge in [0.1, 0.15) is 0 Å². The van der Waals surface area contributed by atoms with Crippen molar-refractivity contribution in [1.29, 1.82) is 0 Å². The lowest BCUT2D eigenvalue weighted by Crippen LogP contribution is -2.13. The molecule has 2 rings (SSSR count). The number of fused-ring (bicyclic) bond motifs is 1. The monoisotopic (exact) mass is 252 g/mol. The van der Waals surface area contributed by atoms with E-state index >= 15 is 0 Å². The Bertz CT molecular complexity index is 389. The Kier molecular flexibility index (Phi) is 2.26. The van der Waals surface area contributed by atoms with Crippen LogP contribution < -0.4 is 0 Å². The highest BCUT2D eigenvalue weighted by molar-refractivity contribution is 9.10. The van der Waals surface area contributed by atoms with E-state index in [4.69, 9.17) is 0 Å². The zero-order valence-corrected chi connectivity index (χ0v) is 11.0. The number of benzene rings is 1. The molecule has 1 aliphatic carbocycles. The van der Waals surface area contributed by atoms with Crippen LogP contribution in [-0.4, -0.2) is 0 Å². The average Bonchev–Trinajstić information content (AvgIpc) is 2.38. The molecule has 1 aromatic rings. The van der Waals surface area contributed by atoms with E-state index in [1.807, 2.05) is 0 Å². The lowest BCUT2D eigenvalue weighted by atomic mass is 9.83. The second kappa shape index (κ2) is 3.10. The molecule has 0 heterocycles. The zero-order valence-electron chi connectivity index (χ0n) is 9.37. The fraction of sp³-hybridized carbons (Fsp3) is 0.538. The lowest BCUT2D eigenvalue weighted by molar-refractivity contribution is 0.520. The van der Waals surface area contributed by atoms with Crippen molar-refractivity contribution >= 4 is 15.9 Å². The van der Waals surface area contributed by atoms with Gasteiger partial charge in [0.05, 0.1) is 0 Å². The van der Waals surface area contributed by atoms with Gasteiger partial charge in [-0.05, 0) is 60.4 Å². The van der Waals surface area contributed by atoms with Crippen LogP contribution >= 0.6 is 15.9 Å². The SMILES string of the molecule is Cc1cc(Br)c(C)c2c1C(C)(C)CC2. The summed E-state index contributed by atoms with van der Waals surface area (Å²) in [6.45, 7) is 9.18. The van der Waals surface area contributed by atoms with Crippen LogP contribution in [0.3, 0.4) is 0 Å². The van der Waals surface area contributed by atoms with E-state index < -0.39 is 0 Å². The molecule has 0 N–H and O–H groups in total. The van der Waals surface area contributed by atoms with E-state index in [-0.39, 0.29) is 0 Å². The van der Waals surface area contributed by atoms with Crippen molar-refractivity contribution in [3.8, 4) is 0 Å². The number of rotatable bonds is 0. The number of hydrogen-bond acceptors (Lipinski definition) is 0. The van der Waals surface area contributed by atoms with E-state index in [0.29, 0.717) is 5.41 Å². The summed E-state index contributed by atoms with van der Waals surface area (Å²) in [5, 5.41) is 0. The highest BCUT2D eigenvalue weighted by Gasteiger charge is 2.32. The normalized spacial score (nSPS) is 18.4. The van der Waals surface area contributed by atoms with Gasteiger partial charge in [0.2, 0.25) is 0 Å². The Morgan fingerprint density at radius 2 is 1.93 bits per heavy atom. The molecular formula is C13H17Br. The van der Waals surface area contributed by atoms with Gasteiger partial charge in [-0.2, -0.15) is 0 Å². The first-order valence-corrected chi connectivity index (χ1v) is 6.02. The summed E-state index contributed by atoms with van der Waals surface area (Å²) in [7, 11) is 0. The van der Waals surface area contributed by atoms with Gasteiger partial charge < -0.3 is 0 Å². The summed E-state index contributed by atoms with van der Waals surface area (Å²) in [6.07, 6.45) is 2.54. The fourth-order valence-electron chi connectivity index (χ4n) is 2.76. The number of aryl methyl sites for hydroxylation is 1. The molecule has 0 spiro atoms. The molecule has 0 atom stereocenters. The smallest absolute Gasteiger partial charge is 0.0210 e. The molecule has 0 unspecified atom stereocenters. The first-order valence-electron chi connectivity index (χ1n) is 5.22. The van der Waals surface area contributed by atoms with E-state index in [2.05, 4.69) is 49.7 Å². The van der Waals surface area contributed by atoms with Crippen molar-refractivity contribution in [2.45, 2.75) is 46.0 Å². The fourth-order valence-corrected chi connectivity index (χ4v) is 3.34. The molecule has 14 heavy (non-hydrogen) atoms. The van der Waals surface area contributed by atoms with Gasteiger partial charge in [-0.15, -0.1) is 0 Å². The van der Waals surface area contributed by atoms with Gasteiger partial charge >= 0.3 is 0 Å². The Morgan fingerprint density at radius 3 is 2.57 bits per heavy atom. The molecule has 1 aromatic carbocycles. The van der Waals surface area contributed by atoms with Crippen LogP contribution in [0.4, 0.5) is 0 Å². The van der Waals surface area contributed by atoms with Gasteiger partial charge in [0.15, 0.2) is 0 Å². The predicted molar refractivity (Wildman–Crippen MR) is 65.0 cm³/mol. The van der Waals surface area contributed by atoms with E-state index in [1.165, 1.54) is 28.4 Å². The summed E-state index contributed by atoms with van der Waals surface area (Å²) >= 11 is 3.64. The van der Waals surface area contributed by atoms with Gasteiger partial charge in [0, 0.05) is 4.47 Å².